The minimum atomic E-state index is -0.996. The second kappa shape index (κ2) is 8.60. The quantitative estimate of drug-likeness (QED) is 0.477. The van der Waals surface area contributed by atoms with Crippen LogP contribution in [0.4, 0.5) is 8.78 Å². The van der Waals surface area contributed by atoms with E-state index in [2.05, 4.69) is 20.7 Å². The summed E-state index contributed by atoms with van der Waals surface area (Å²) in [6.07, 6.45) is 1.28. The fourth-order valence-corrected chi connectivity index (χ4v) is 5.26. The van der Waals surface area contributed by atoms with Crippen LogP contribution in [0.3, 0.4) is 0 Å². The van der Waals surface area contributed by atoms with Crippen molar-refractivity contribution in [3.8, 4) is 10.4 Å². The fraction of sp³-hybridized carbons (Fsp3) is 0.381. The van der Waals surface area contributed by atoms with Gasteiger partial charge in [-0.15, -0.1) is 21.5 Å². The molecule has 1 N–H and O–H groups in total. The number of hydrogen-bond donors (Lipinski definition) is 1. The Bertz CT molecular complexity index is 1450. The molecule has 0 spiro atoms. The highest BCUT2D eigenvalue weighted by Gasteiger charge is 2.25. The lowest BCUT2D eigenvalue weighted by atomic mass is 10.1. The lowest BCUT2D eigenvalue weighted by Gasteiger charge is -2.24. The molecule has 1 saturated heterocycles. The van der Waals surface area contributed by atoms with Crippen molar-refractivity contribution in [2.24, 2.45) is 0 Å². The van der Waals surface area contributed by atoms with Gasteiger partial charge in [0.15, 0.2) is 17.5 Å². The molecule has 0 unspecified atom stereocenters. The zero-order valence-corrected chi connectivity index (χ0v) is 18.6. The molecule has 9 nitrogen and oxygen atoms in total. The highest BCUT2D eigenvalue weighted by Crippen LogP contribution is 2.34. The van der Waals surface area contributed by atoms with Gasteiger partial charge in [0.2, 0.25) is 0 Å². The second-order valence-corrected chi connectivity index (χ2v) is 8.90. The predicted molar refractivity (Wildman–Crippen MR) is 119 cm³/mol. The summed E-state index contributed by atoms with van der Waals surface area (Å²) in [6, 6.07) is 5.20. The largest absolute Gasteiger partial charge is 0.332 e. The molecule has 1 aliphatic rings. The van der Waals surface area contributed by atoms with E-state index in [9.17, 15) is 18.4 Å². The first kappa shape index (κ1) is 21.6. The zero-order chi connectivity index (χ0) is 23.1. The van der Waals surface area contributed by atoms with Crippen molar-refractivity contribution >= 4 is 21.6 Å². The van der Waals surface area contributed by atoms with E-state index < -0.39 is 22.9 Å². The number of halogens is 2. The first-order chi connectivity index (χ1) is 16.0. The average molecular weight is 474 g/mol. The third kappa shape index (κ3) is 3.78. The van der Waals surface area contributed by atoms with Gasteiger partial charge < -0.3 is 5.32 Å². The number of tetrazole rings is 1. The van der Waals surface area contributed by atoms with Gasteiger partial charge in [-0.1, -0.05) is 12.1 Å². The average Bonchev–Trinajstić information content (AvgIpc) is 3.47. The van der Waals surface area contributed by atoms with Crippen molar-refractivity contribution in [2.75, 3.05) is 13.1 Å². The fourth-order valence-electron chi connectivity index (χ4n) is 4.15. The molecule has 5 rings (SSSR count). The molecule has 1 fully saturated rings. The summed E-state index contributed by atoms with van der Waals surface area (Å²) < 4.78 is 31.4. The predicted octanol–water partition coefficient (Wildman–Crippen LogP) is 2.15. The van der Waals surface area contributed by atoms with Crippen LogP contribution in [0.1, 0.15) is 31.6 Å². The molecule has 4 aromatic rings. The van der Waals surface area contributed by atoms with Gasteiger partial charge in [0.1, 0.15) is 4.70 Å². The molecule has 3 aromatic heterocycles. The monoisotopic (exact) mass is 473 g/mol. The van der Waals surface area contributed by atoms with Crippen LogP contribution in [0.25, 0.3) is 20.7 Å². The molecule has 4 heterocycles. The highest BCUT2D eigenvalue weighted by atomic mass is 32.1. The minimum absolute atomic E-state index is 0.00237. The SMILES string of the molecule is CCn1nnc(Cn2c(=O)n(C3CCNCC3)c(=O)c3sc(-c4cccc(F)c4F)cc32)n1. The van der Waals surface area contributed by atoms with E-state index in [1.54, 1.807) is 6.07 Å². The van der Waals surface area contributed by atoms with Crippen molar-refractivity contribution in [3.05, 3.63) is 62.6 Å². The van der Waals surface area contributed by atoms with E-state index >= 15 is 0 Å². The van der Waals surface area contributed by atoms with E-state index in [4.69, 9.17) is 0 Å². The van der Waals surface area contributed by atoms with Gasteiger partial charge in [0.25, 0.3) is 5.56 Å². The van der Waals surface area contributed by atoms with Crippen LogP contribution in [0.5, 0.6) is 0 Å². The normalized spacial score (nSPS) is 14.9. The number of hydrogen-bond acceptors (Lipinski definition) is 7. The Kier molecular flexibility index (Phi) is 5.62. The summed E-state index contributed by atoms with van der Waals surface area (Å²) in [5.74, 6) is -1.65. The minimum Gasteiger partial charge on any atom is -0.317 e. The molecule has 0 aliphatic carbocycles. The molecule has 1 aromatic carbocycles. The molecule has 12 heteroatoms. The van der Waals surface area contributed by atoms with Crippen molar-refractivity contribution in [1.29, 1.82) is 0 Å². The smallest absolute Gasteiger partial charge is 0.317 e. The number of nitrogens with zero attached hydrogens (tertiary/aromatic N) is 6. The van der Waals surface area contributed by atoms with Gasteiger partial charge in [0, 0.05) is 16.5 Å². The van der Waals surface area contributed by atoms with Crippen LogP contribution in [-0.2, 0) is 13.1 Å². The number of piperidine rings is 1. The van der Waals surface area contributed by atoms with E-state index in [0.29, 0.717) is 53.4 Å². The first-order valence-electron chi connectivity index (χ1n) is 10.7. The maximum absolute atomic E-state index is 14.5. The molecule has 0 saturated carbocycles. The van der Waals surface area contributed by atoms with E-state index in [0.717, 1.165) is 17.4 Å². The molecular formula is C21H21F2N7O2S. The number of fused-ring (bicyclic) bond motifs is 1. The Morgan fingerprint density at radius 1 is 1.21 bits per heavy atom. The topological polar surface area (TPSA) is 99.6 Å². The van der Waals surface area contributed by atoms with Crippen LogP contribution in [0.2, 0.25) is 0 Å². The summed E-state index contributed by atoms with van der Waals surface area (Å²) in [7, 11) is 0. The summed E-state index contributed by atoms with van der Waals surface area (Å²) in [4.78, 5) is 28.7. The standard InChI is InChI=1S/C21H21F2N7O2S/c1-2-29-26-17(25-27-29)11-28-15-10-16(13-4-3-5-14(22)18(13)23)33-19(15)20(31)30(21(28)32)12-6-8-24-9-7-12/h3-5,10,12,24H,2,6-9,11H2,1H3. The number of aryl methyl sites for hydroxylation is 1. The third-order valence-corrected chi connectivity index (χ3v) is 6.97. The van der Waals surface area contributed by atoms with Crippen molar-refractivity contribution < 1.29 is 8.78 Å². The molecule has 33 heavy (non-hydrogen) atoms. The molecule has 172 valence electrons. The van der Waals surface area contributed by atoms with Gasteiger partial charge >= 0.3 is 5.69 Å². The van der Waals surface area contributed by atoms with Gasteiger partial charge in [-0.25, -0.2) is 13.6 Å². The maximum atomic E-state index is 14.5. The van der Waals surface area contributed by atoms with Gasteiger partial charge in [-0.05, 0) is 50.2 Å². The Morgan fingerprint density at radius 3 is 2.73 bits per heavy atom. The van der Waals surface area contributed by atoms with Gasteiger partial charge in [-0.2, -0.15) is 4.80 Å². The van der Waals surface area contributed by atoms with Crippen molar-refractivity contribution in [2.45, 2.75) is 38.9 Å². The van der Waals surface area contributed by atoms with Crippen molar-refractivity contribution in [3.63, 3.8) is 0 Å². The molecule has 1 aliphatic heterocycles. The van der Waals surface area contributed by atoms with Crippen LogP contribution in [0, 0.1) is 11.6 Å². The summed E-state index contributed by atoms with van der Waals surface area (Å²) in [6.45, 7) is 3.79. The highest BCUT2D eigenvalue weighted by molar-refractivity contribution is 7.22. The molecule has 0 radical (unpaired) electrons. The number of nitrogens with one attached hydrogen (secondary N) is 1. The molecule has 0 bridgehead atoms. The Hall–Kier alpha value is -3.25. The molecule has 0 atom stereocenters. The van der Waals surface area contributed by atoms with Gasteiger partial charge in [-0.3, -0.25) is 13.9 Å². The van der Waals surface area contributed by atoms with Crippen molar-refractivity contribution in [1.82, 2.24) is 34.7 Å². The molecule has 0 amide bonds. The van der Waals surface area contributed by atoms with E-state index in [-0.39, 0.29) is 18.2 Å². The number of thiophene rings is 1. The summed E-state index contributed by atoms with van der Waals surface area (Å²) in [5, 5.41) is 15.4. The first-order valence-corrected chi connectivity index (χ1v) is 11.5. The van der Waals surface area contributed by atoms with Crippen LogP contribution in [-0.4, -0.2) is 42.4 Å². The number of aromatic nitrogens is 6. The number of rotatable bonds is 5. The Balaban J connectivity index is 1.74. The third-order valence-electron chi connectivity index (χ3n) is 5.82. The zero-order valence-electron chi connectivity index (χ0n) is 17.8. The summed E-state index contributed by atoms with van der Waals surface area (Å²) >= 11 is 1.04. The van der Waals surface area contributed by atoms with Gasteiger partial charge in [0.05, 0.1) is 18.6 Å². The molecular weight excluding hydrogens is 452 g/mol. The Morgan fingerprint density at radius 2 is 2.00 bits per heavy atom. The summed E-state index contributed by atoms with van der Waals surface area (Å²) in [5.41, 5.74) is -0.516. The maximum Gasteiger partial charge on any atom is 0.332 e. The van der Waals surface area contributed by atoms with Crippen LogP contribution < -0.4 is 16.6 Å². The van der Waals surface area contributed by atoms with Crippen LogP contribution >= 0.6 is 11.3 Å². The second-order valence-electron chi connectivity index (χ2n) is 7.85. The van der Waals surface area contributed by atoms with E-state index in [1.807, 2.05) is 6.92 Å². The lowest BCUT2D eigenvalue weighted by Crippen LogP contribution is -2.45. The lowest BCUT2D eigenvalue weighted by molar-refractivity contribution is 0.346. The van der Waals surface area contributed by atoms with E-state index in [1.165, 1.54) is 26.1 Å². The number of benzene rings is 1. The Labute approximate surface area is 190 Å². The van der Waals surface area contributed by atoms with Crippen LogP contribution in [0.15, 0.2) is 33.9 Å².